The van der Waals surface area contributed by atoms with Crippen LogP contribution < -0.4 is 0 Å². The highest BCUT2D eigenvalue weighted by Crippen LogP contribution is 2.27. The highest BCUT2D eigenvalue weighted by Gasteiger charge is 2.37. The van der Waals surface area contributed by atoms with Crippen LogP contribution in [0.5, 0.6) is 0 Å². The molecular formula is C8H12O4P+. The Morgan fingerprint density at radius 3 is 2.54 bits per heavy atom. The maximum Gasteiger partial charge on any atom is 0.636 e. The van der Waals surface area contributed by atoms with E-state index in [4.69, 9.17) is 11.2 Å². The van der Waals surface area contributed by atoms with Crippen LogP contribution in [0, 0.1) is 12.3 Å². The van der Waals surface area contributed by atoms with E-state index >= 15 is 0 Å². The van der Waals surface area contributed by atoms with Crippen LogP contribution in [0.2, 0.25) is 0 Å². The Morgan fingerprint density at radius 2 is 2.15 bits per heavy atom. The van der Waals surface area contributed by atoms with Crippen LogP contribution in [-0.2, 0) is 13.8 Å². The standard InChI is InChI=1S/C8H12O4P/c1-5-8(3,4)12-7(9)13(10)11-6-2/h1H,6H2,2-4H3/q+1. The van der Waals surface area contributed by atoms with Gasteiger partial charge in [0.1, 0.15) is 6.61 Å². The lowest BCUT2D eigenvalue weighted by atomic mass is 10.2. The number of carbonyl (C=O) groups is 1. The molecule has 0 bridgehead atoms. The molecule has 0 aromatic carbocycles. The second kappa shape index (κ2) is 4.96. The predicted octanol–water partition coefficient (Wildman–Crippen LogP) is 2.31. The van der Waals surface area contributed by atoms with Gasteiger partial charge in [-0.2, -0.15) is 4.79 Å². The first-order valence-electron chi connectivity index (χ1n) is 3.74. The lowest BCUT2D eigenvalue weighted by molar-refractivity contribution is 0.0971. The third kappa shape index (κ3) is 4.62. The molecule has 0 saturated heterocycles. The second-order valence-electron chi connectivity index (χ2n) is 2.70. The van der Waals surface area contributed by atoms with Crippen LogP contribution in [-0.4, -0.2) is 17.9 Å². The Morgan fingerprint density at radius 1 is 1.62 bits per heavy atom. The fourth-order valence-corrected chi connectivity index (χ4v) is 1.10. The largest absolute Gasteiger partial charge is 0.636 e. The zero-order valence-electron chi connectivity index (χ0n) is 7.86. The molecule has 0 radical (unpaired) electrons. The van der Waals surface area contributed by atoms with E-state index in [1.807, 2.05) is 0 Å². The molecule has 0 aliphatic heterocycles. The van der Waals surface area contributed by atoms with E-state index in [9.17, 15) is 9.36 Å². The van der Waals surface area contributed by atoms with E-state index in [-0.39, 0.29) is 6.61 Å². The lowest BCUT2D eigenvalue weighted by Gasteiger charge is -2.13. The smallest absolute Gasteiger partial charge is 0.406 e. The van der Waals surface area contributed by atoms with Crippen molar-refractivity contribution in [3.05, 3.63) is 0 Å². The van der Waals surface area contributed by atoms with Gasteiger partial charge in [0, 0.05) is 0 Å². The van der Waals surface area contributed by atoms with Crippen molar-refractivity contribution in [1.29, 1.82) is 0 Å². The van der Waals surface area contributed by atoms with E-state index in [0.29, 0.717) is 0 Å². The van der Waals surface area contributed by atoms with Crippen LogP contribution in [0.3, 0.4) is 0 Å². The van der Waals surface area contributed by atoms with Gasteiger partial charge in [-0.05, 0) is 25.3 Å². The highest BCUT2D eigenvalue weighted by atomic mass is 31.1. The van der Waals surface area contributed by atoms with E-state index in [2.05, 4.69) is 10.4 Å². The maximum atomic E-state index is 11.0. The molecule has 4 nitrogen and oxygen atoms in total. The first kappa shape index (κ1) is 12.1. The summed E-state index contributed by atoms with van der Waals surface area (Å²) < 4.78 is 20.2. The molecule has 0 fully saturated rings. The fourth-order valence-electron chi connectivity index (χ4n) is 0.455. The van der Waals surface area contributed by atoms with Crippen LogP contribution in [0.4, 0.5) is 4.79 Å². The average molecular weight is 203 g/mol. The number of hydrogen-bond donors (Lipinski definition) is 0. The van der Waals surface area contributed by atoms with Crippen molar-refractivity contribution in [2.45, 2.75) is 26.4 Å². The van der Waals surface area contributed by atoms with Gasteiger partial charge in [0.2, 0.25) is 0 Å². The molecule has 0 heterocycles. The Labute approximate surface area is 78.5 Å². The first-order valence-corrected chi connectivity index (χ1v) is 4.91. The minimum Gasteiger partial charge on any atom is -0.406 e. The maximum absolute atomic E-state index is 11.0. The quantitative estimate of drug-likeness (QED) is 0.519. The summed E-state index contributed by atoms with van der Waals surface area (Å²) in [5.41, 5.74) is -1.96. The van der Waals surface area contributed by atoms with E-state index in [1.54, 1.807) is 6.92 Å². The number of terminal acetylenes is 1. The number of ether oxygens (including phenoxy) is 1. The molecule has 0 aromatic heterocycles. The van der Waals surface area contributed by atoms with Crippen molar-refractivity contribution in [2.24, 2.45) is 0 Å². The fraction of sp³-hybridized carbons (Fsp3) is 0.625. The van der Waals surface area contributed by atoms with Crippen LogP contribution >= 0.6 is 8.03 Å². The van der Waals surface area contributed by atoms with Gasteiger partial charge in [-0.25, -0.2) is 0 Å². The molecule has 72 valence electrons. The normalized spacial score (nSPS) is 11.7. The molecule has 0 aliphatic rings. The minimum absolute atomic E-state index is 0.195. The predicted molar refractivity (Wildman–Crippen MR) is 48.6 cm³/mol. The van der Waals surface area contributed by atoms with E-state index in [0.717, 1.165) is 0 Å². The Bertz CT molecular complexity index is 251. The third-order valence-electron chi connectivity index (χ3n) is 1.09. The number of hydrogen-bond acceptors (Lipinski definition) is 4. The summed E-state index contributed by atoms with van der Waals surface area (Å²) >= 11 is 0. The van der Waals surface area contributed by atoms with Gasteiger partial charge < -0.3 is 4.74 Å². The molecule has 0 aromatic rings. The van der Waals surface area contributed by atoms with E-state index < -0.39 is 19.3 Å². The van der Waals surface area contributed by atoms with Gasteiger partial charge in [0.05, 0.1) is 0 Å². The monoisotopic (exact) mass is 203 g/mol. The summed E-state index contributed by atoms with van der Waals surface area (Å²) in [7, 11) is -2.42. The zero-order chi connectivity index (χ0) is 10.5. The van der Waals surface area contributed by atoms with E-state index in [1.165, 1.54) is 13.8 Å². The molecule has 1 unspecified atom stereocenters. The molecule has 0 N–H and O–H groups in total. The van der Waals surface area contributed by atoms with Crippen LogP contribution in [0.15, 0.2) is 0 Å². The van der Waals surface area contributed by atoms with Crippen molar-refractivity contribution in [1.82, 2.24) is 0 Å². The lowest BCUT2D eigenvalue weighted by Crippen LogP contribution is -2.23. The summed E-state index contributed by atoms with van der Waals surface area (Å²) in [5, 5.41) is 0. The van der Waals surface area contributed by atoms with Crippen LogP contribution in [0.1, 0.15) is 20.8 Å². The first-order chi connectivity index (χ1) is 5.93. The summed E-state index contributed by atoms with van der Waals surface area (Å²) in [6, 6.07) is 0. The molecular weight excluding hydrogens is 191 g/mol. The molecule has 0 aliphatic carbocycles. The highest BCUT2D eigenvalue weighted by molar-refractivity contribution is 7.58. The van der Waals surface area contributed by atoms with Gasteiger partial charge in [-0.1, -0.05) is 5.92 Å². The van der Waals surface area contributed by atoms with Gasteiger partial charge in [-0.3, -0.25) is 0 Å². The molecule has 1 atom stereocenters. The molecule has 13 heavy (non-hydrogen) atoms. The number of rotatable bonds is 4. The minimum atomic E-state index is -2.42. The summed E-state index contributed by atoms with van der Waals surface area (Å²) in [6.07, 6.45) is 5.07. The van der Waals surface area contributed by atoms with Gasteiger partial charge in [-0.15, -0.1) is 10.9 Å². The molecule has 0 rings (SSSR count). The Kier molecular flexibility index (Phi) is 4.61. The van der Waals surface area contributed by atoms with Crippen molar-refractivity contribution >= 4 is 13.7 Å². The Hall–Kier alpha value is -0.910. The molecule has 0 saturated carbocycles. The molecule has 0 spiro atoms. The van der Waals surface area contributed by atoms with Crippen molar-refractivity contribution in [3.8, 4) is 12.3 Å². The van der Waals surface area contributed by atoms with Gasteiger partial charge in [0.25, 0.3) is 0 Å². The zero-order valence-corrected chi connectivity index (χ0v) is 8.76. The summed E-state index contributed by atoms with van der Waals surface area (Å²) in [6.45, 7) is 4.88. The van der Waals surface area contributed by atoms with Crippen LogP contribution in [0.25, 0.3) is 0 Å². The summed E-state index contributed by atoms with van der Waals surface area (Å²) in [5.74, 6) is 2.24. The second-order valence-corrected chi connectivity index (χ2v) is 3.84. The third-order valence-corrected chi connectivity index (χ3v) is 1.97. The number of carbonyl (C=O) groups excluding carboxylic acids is 1. The summed E-state index contributed by atoms with van der Waals surface area (Å²) in [4.78, 5) is 11.0. The Balaban J connectivity index is 4.17. The van der Waals surface area contributed by atoms with Gasteiger partial charge in [0.15, 0.2) is 5.60 Å². The molecule has 0 amide bonds. The van der Waals surface area contributed by atoms with Crippen molar-refractivity contribution in [3.63, 3.8) is 0 Å². The molecule has 5 heteroatoms. The topological polar surface area (TPSA) is 52.6 Å². The SMILES string of the molecule is C#CC(C)(C)OC(=O)[P+](=O)OCC. The van der Waals surface area contributed by atoms with Crippen molar-refractivity contribution < 1.29 is 18.6 Å². The average Bonchev–Trinajstić information content (AvgIpc) is 2.04. The van der Waals surface area contributed by atoms with Crippen molar-refractivity contribution in [2.75, 3.05) is 6.61 Å². The van der Waals surface area contributed by atoms with Gasteiger partial charge >= 0.3 is 13.7 Å².